The maximum atomic E-state index is 11.7. The van der Waals surface area contributed by atoms with Gasteiger partial charge in [0.15, 0.2) is 0 Å². The van der Waals surface area contributed by atoms with E-state index in [-0.39, 0.29) is 28.0 Å². The van der Waals surface area contributed by atoms with Crippen molar-refractivity contribution < 1.29 is 5.11 Å². The van der Waals surface area contributed by atoms with Crippen LogP contribution in [0.2, 0.25) is 0 Å². The van der Waals surface area contributed by atoms with Crippen molar-refractivity contribution in [3.05, 3.63) is 33.1 Å². The lowest BCUT2D eigenvalue weighted by Gasteiger charge is -2.23. The van der Waals surface area contributed by atoms with Gasteiger partial charge in [0.05, 0.1) is 11.8 Å². The molecule has 1 heterocycles. The first-order chi connectivity index (χ1) is 7.84. The fourth-order valence-electron chi connectivity index (χ4n) is 1.55. The summed E-state index contributed by atoms with van der Waals surface area (Å²) in [6.07, 6.45) is 0.816. The Bertz CT molecular complexity index is 438. The quantitative estimate of drug-likeness (QED) is 0.863. The van der Waals surface area contributed by atoms with E-state index in [4.69, 9.17) is 0 Å². The highest BCUT2D eigenvalue weighted by Crippen LogP contribution is 2.19. The van der Waals surface area contributed by atoms with Crippen molar-refractivity contribution in [2.75, 3.05) is 0 Å². The highest BCUT2D eigenvalue weighted by Gasteiger charge is 2.16. The molecule has 0 aliphatic heterocycles. The minimum atomic E-state index is -0.958. The van der Waals surface area contributed by atoms with Gasteiger partial charge in [-0.15, -0.1) is 0 Å². The van der Waals surface area contributed by atoms with E-state index < -0.39 is 11.7 Å². The summed E-state index contributed by atoms with van der Waals surface area (Å²) in [7, 11) is 0. The third-order valence-corrected chi connectivity index (χ3v) is 2.55. The summed E-state index contributed by atoms with van der Waals surface area (Å²) >= 11 is 0. The van der Waals surface area contributed by atoms with Crippen LogP contribution in [0.25, 0.3) is 0 Å². The van der Waals surface area contributed by atoms with E-state index in [0.717, 1.165) is 0 Å². The van der Waals surface area contributed by atoms with Crippen molar-refractivity contribution in [1.29, 1.82) is 0 Å². The first kappa shape index (κ1) is 13.7. The molecule has 96 valence electrons. The molecule has 0 saturated heterocycles. The lowest BCUT2D eigenvalue weighted by atomic mass is 10.0. The van der Waals surface area contributed by atoms with Gasteiger partial charge in [0.1, 0.15) is 5.69 Å². The molecule has 0 amide bonds. The van der Waals surface area contributed by atoms with Crippen molar-refractivity contribution in [3.8, 4) is 0 Å². The largest absolute Gasteiger partial charge is 0.803 e. The molecule has 0 saturated carbocycles. The summed E-state index contributed by atoms with van der Waals surface area (Å²) in [6, 6.07) is 0. The SMILES string of the molecule is CC(C)Cc1ncc(C(O)C(C)C)n([O-])c1=O. The van der Waals surface area contributed by atoms with Crippen molar-refractivity contribution >= 4 is 0 Å². The molecule has 1 aromatic rings. The molecule has 0 bridgehead atoms. The maximum absolute atomic E-state index is 11.7. The number of nitrogens with zero attached hydrogens (tertiary/aromatic N) is 2. The molecular formula is C12H19N2O3-. The first-order valence-corrected chi connectivity index (χ1v) is 5.81. The van der Waals surface area contributed by atoms with Crippen LogP contribution in [0.15, 0.2) is 11.0 Å². The molecule has 17 heavy (non-hydrogen) atoms. The summed E-state index contributed by atoms with van der Waals surface area (Å²) < 4.78 is 0.259. The van der Waals surface area contributed by atoms with E-state index in [1.807, 2.05) is 13.8 Å². The van der Waals surface area contributed by atoms with Crippen LogP contribution in [0.4, 0.5) is 0 Å². The predicted octanol–water partition coefficient (Wildman–Crippen LogP) is 1.48. The molecule has 1 N–H and O–H groups in total. The summed E-state index contributed by atoms with van der Waals surface area (Å²) in [5.74, 6) is 0.128. The molecule has 0 aromatic carbocycles. The summed E-state index contributed by atoms with van der Waals surface area (Å²) in [4.78, 5) is 15.7. The molecule has 1 unspecified atom stereocenters. The standard InChI is InChI=1S/C12H19N2O3/c1-7(2)5-9-12(16)14(17)10(6-13-9)11(15)8(3)4/h6-8,11,15H,5H2,1-4H3/q-1. The highest BCUT2D eigenvalue weighted by atomic mass is 16.5. The Kier molecular flexibility index (Phi) is 4.28. The molecule has 0 spiro atoms. The second-order valence-electron chi connectivity index (χ2n) is 5.02. The van der Waals surface area contributed by atoms with E-state index in [0.29, 0.717) is 6.42 Å². The summed E-state index contributed by atoms with van der Waals surface area (Å²) in [5.41, 5.74) is -0.372. The van der Waals surface area contributed by atoms with Crippen molar-refractivity contribution in [1.82, 2.24) is 9.71 Å². The van der Waals surface area contributed by atoms with E-state index >= 15 is 0 Å². The van der Waals surface area contributed by atoms with Crippen LogP contribution in [-0.2, 0) is 6.42 Å². The zero-order chi connectivity index (χ0) is 13.2. The minimum absolute atomic E-state index is 0.0255. The van der Waals surface area contributed by atoms with Gasteiger partial charge < -0.3 is 15.0 Å². The summed E-state index contributed by atoms with van der Waals surface area (Å²) in [5, 5.41) is 21.5. The molecule has 1 aromatic heterocycles. The fraction of sp³-hybridized carbons (Fsp3) is 0.667. The Morgan fingerprint density at radius 2 is 2.00 bits per heavy atom. The molecule has 0 aliphatic carbocycles. The molecule has 1 atom stereocenters. The van der Waals surface area contributed by atoms with Crippen molar-refractivity contribution in [2.45, 2.75) is 40.2 Å². The third kappa shape index (κ3) is 3.06. The molecule has 5 nitrogen and oxygen atoms in total. The zero-order valence-corrected chi connectivity index (χ0v) is 10.7. The topological polar surface area (TPSA) is 78.2 Å². The Hall–Kier alpha value is -1.36. The van der Waals surface area contributed by atoms with Crippen LogP contribution in [-0.4, -0.2) is 14.8 Å². The normalized spacial score (nSPS) is 13.4. The lowest BCUT2D eigenvalue weighted by molar-refractivity contribution is 0.119. The molecule has 0 fully saturated rings. The Balaban J connectivity index is 3.15. The molecular weight excluding hydrogens is 220 g/mol. The average molecular weight is 239 g/mol. The van der Waals surface area contributed by atoms with Gasteiger partial charge in [-0.25, -0.2) is 0 Å². The monoisotopic (exact) mass is 239 g/mol. The van der Waals surface area contributed by atoms with Crippen LogP contribution in [0, 0.1) is 17.0 Å². The maximum Gasteiger partial charge on any atom is 0.267 e. The number of aromatic nitrogens is 2. The van der Waals surface area contributed by atoms with Gasteiger partial charge in [0.2, 0.25) is 0 Å². The molecule has 5 heteroatoms. The second kappa shape index (κ2) is 5.31. The van der Waals surface area contributed by atoms with E-state index in [9.17, 15) is 15.1 Å². The molecule has 0 aliphatic rings. The number of hydrogen-bond donors (Lipinski definition) is 1. The van der Waals surface area contributed by atoms with Crippen molar-refractivity contribution in [2.24, 2.45) is 11.8 Å². The molecule has 0 radical (unpaired) electrons. The third-order valence-electron chi connectivity index (χ3n) is 2.55. The molecule has 1 rings (SSSR count). The Labute approximate surface area is 101 Å². The van der Waals surface area contributed by atoms with Crippen LogP contribution < -0.4 is 5.56 Å². The Morgan fingerprint density at radius 1 is 1.41 bits per heavy atom. The number of rotatable bonds is 4. The first-order valence-electron chi connectivity index (χ1n) is 5.81. The Morgan fingerprint density at radius 3 is 2.47 bits per heavy atom. The fourth-order valence-corrected chi connectivity index (χ4v) is 1.55. The van der Waals surface area contributed by atoms with Gasteiger partial charge in [-0.1, -0.05) is 27.7 Å². The zero-order valence-electron chi connectivity index (χ0n) is 10.7. The van der Waals surface area contributed by atoms with Gasteiger partial charge in [-0.05, 0) is 18.3 Å². The van der Waals surface area contributed by atoms with Crippen LogP contribution in [0.5, 0.6) is 0 Å². The van der Waals surface area contributed by atoms with Gasteiger partial charge in [0.25, 0.3) is 5.56 Å². The number of hydrogen-bond acceptors (Lipinski definition) is 4. The lowest BCUT2D eigenvalue weighted by Crippen LogP contribution is -2.28. The smallest absolute Gasteiger partial charge is 0.267 e. The van der Waals surface area contributed by atoms with Crippen LogP contribution in [0.3, 0.4) is 0 Å². The van der Waals surface area contributed by atoms with E-state index in [1.165, 1.54) is 6.20 Å². The van der Waals surface area contributed by atoms with Gasteiger partial charge in [-0.2, -0.15) is 0 Å². The van der Waals surface area contributed by atoms with Gasteiger partial charge >= 0.3 is 0 Å². The average Bonchev–Trinajstić information content (AvgIpc) is 2.23. The second-order valence-corrected chi connectivity index (χ2v) is 5.02. The van der Waals surface area contributed by atoms with Crippen molar-refractivity contribution in [3.63, 3.8) is 0 Å². The van der Waals surface area contributed by atoms with Gasteiger partial charge in [-0.3, -0.25) is 9.78 Å². The summed E-state index contributed by atoms with van der Waals surface area (Å²) in [6.45, 7) is 7.45. The van der Waals surface area contributed by atoms with Crippen LogP contribution >= 0.6 is 0 Å². The predicted molar refractivity (Wildman–Crippen MR) is 65.6 cm³/mol. The highest BCUT2D eigenvalue weighted by molar-refractivity contribution is 5.10. The minimum Gasteiger partial charge on any atom is -0.803 e. The van der Waals surface area contributed by atoms with E-state index in [1.54, 1.807) is 13.8 Å². The van der Waals surface area contributed by atoms with Crippen LogP contribution in [0.1, 0.15) is 45.2 Å². The number of aliphatic hydroxyl groups is 1. The number of aliphatic hydroxyl groups excluding tert-OH is 1. The van der Waals surface area contributed by atoms with Gasteiger partial charge in [0, 0.05) is 6.20 Å². The van der Waals surface area contributed by atoms with E-state index in [2.05, 4.69) is 4.98 Å².